The van der Waals surface area contributed by atoms with Crippen LogP contribution in [0.15, 0.2) is 30.9 Å². The summed E-state index contributed by atoms with van der Waals surface area (Å²) in [6.07, 6.45) is 7.53. The van der Waals surface area contributed by atoms with Crippen LogP contribution in [0.4, 0.5) is 11.5 Å². The first kappa shape index (κ1) is 25.3. The molecule has 3 aromatic rings. The number of anilines is 2. The van der Waals surface area contributed by atoms with Crippen LogP contribution in [-0.2, 0) is 42.0 Å². The van der Waals surface area contributed by atoms with Gasteiger partial charge in [-0.1, -0.05) is 20.8 Å². The molecule has 0 N–H and O–H groups in total. The predicted octanol–water partition coefficient (Wildman–Crippen LogP) is 3.08. The van der Waals surface area contributed by atoms with Gasteiger partial charge >= 0.3 is 0 Å². The van der Waals surface area contributed by atoms with E-state index >= 15 is 0 Å². The topological polar surface area (TPSA) is 84.2 Å². The summed E-state index contributed by atoms with van der Waals surface area (Å²) in [5, 5.41) is 0. The second kappa shape index (κ2) is 10.1. The van der Waals surface area contributed by atoms with Crippen molar-refractivity contribution in [2.45, 2.75) is 33.1 Å². The molecule has 1 aliphatic heterocycles. The second-order valence-electron chi connectivity index (χ2n) is 7.31. The standard InChI is InChI=1S/C19H24N6O2S.C2H6.V/c1-5-13-6-15(14-10-25(11-14)28(4,26)27)20-9-18(13)24(3)19-7-17-16(8-21-19)22-12-23(17)2;1-2;/h6-9,12,14H,5,10-11H2,1-4H3;1-2H3;. The molecule has 8 nitrogen and oxygen atoms in total. The van der Waals surface area contributed by atoms with Crippen LogP contribution in [0.1, 0.15) is 37.9 Å². The van der Waals surface area contributed by atoms with Gasteiger partial charge in [0.15, 0.2) is 0 Å². The molecule has 0 bridgehead atoms. The minimum atomic E-state index is -3.12. The third-order valence-corrected chi connectivity index (χ3v) is 6.64. The molecule has 0 amide bonds. The number of imidazole rings is 1. The molecule has 1 fully saturated rings. The van der Waals surface area contributed by atoms with E-state index in [-0.39, 0.29) is 24.5 Å². The van der Waals surface area contributed by atoms with Crippen molar-refractivity contribution < 1.29 is 27.0 Å². The summed E-state index contributed by atoms with van der Waals surface area (Å²) in [4.78, 5) is 15.5. The van der Waals surface area contributed by atoms with Gasteiger partial charge < -0.3 is 9.47 Å². The molecule has 31 heavy (non-hydrogen) atoms. The number of aryl methyl sites for hydroxylation is 2. The first-order valence-electron chi connectivity index (χ1n) is 10.2. The zero-order valence-corrected chi connectivity index (χ0v) is 21.2. The van der Waals surface area contributed by atoms with Gasteiger partial charge in [0, 0.05) is 63.4 Å². The van der Waals surface area contributed by atoms with Gasteiger partial charge in [-0.25, -0.2) is 22.7 Å². The molecular formula is C21H30N6O2SV. The largest absolute Gasteiger partial charge is 0.334 e. The van der Waals surface area contributed by atoms with E-state index in [9.17, 15) is 8.42 Å². The molecular weight excluding hydrogens is 451 g/mol. The van der Waals surface area contributed by atoms with Crippen LogP contribution in [-0.4, -0.2) is 58.6 Å². The van der Waals surface area contributed by atoms with Gasteiger partial charge in [-0.2, -0.15) is 0 Å². The first-order valence-corrected chi connectivity index (χ1v) is 12.1. The molecule has 1 aliphatic rings. The van der Waals surface area contributed by atoms with E-state index in [2.05, 4.69) is 27.9 Å². The van der Waals surface area contributed by atoms with Gasteiger partial charge in [0.1, 0.15) is 11.3 Å². The van der Waals surface area contributed by atoms with E-state index in [1.807, 2.05) is 49.7 Å². The van der Waals surface area contributed by atoms with Gasteiger partial charge in [0.2, 0.25) is 10.0 Å². The fraction of sp³-hybridized carbons (Fsp3) is 0.476. The minimum absolute atomic E-state index is 0. The summed E-state index contributed by atoms with van der Waals surface area (Å²) in [5.74, 6) is 0.982. The Hall–Kier alpha value is -1.94. The molecule has 10 heteroatoms. The minimum Gasteiger partial charge on any atom is -0.334 e. The number of nitrogens with zero attached hydrogens (tertiary/aromatic N) is 6. The summed E-state index contributed by atoms with van der Waals surface area (Å²) in [7, 11) is 0.830. The SMILES string of the molecule is CC.CCc1cc(C2CN(S(C)(=O)=O)C2)ncc1N(C)c1cc2c(cn1)ncn2C.[V]. The van der Waals surface area contributed by atoms with Crippen LogP contribution >= 0.6 is 0 Å². The average molecular weight is 482 g/mol. The zero-order valence-electron chi connectivity index (χ0n) is 18.9. The Labute approximate surface area is 196 Å². The van der Waals surface area contributed by atoms with Crippen molar-refractivity contribution in [1.29, 1.82) is 0 Å². The normalized spacial score (nSPS) is 14.4. The number of hydrogen-bond donors (Lipinski definition) is 0. The molecule has 1 radical (unpaired) electrons. The van der Waals surface area contributed by atoms with Crippen molar-refractivity contribution in [2.75, 3.05) is 31.3 Å². The number of pyridine rings is 2. The molecule has 0 saturated carbocycles. The molecule has 0 spiro atoms. The van der Waals surface area contributed by atoms with Crippen LogP contribution in [0, 0.1) is 0 Å². The molecule has 3 aromatic heterocycles. The smallest absolute Gasteiger partial charge is 0.211 e. The van der Waals surface area contributed by atoms with Gasteiger partial charge in [-0.15, -0.1) is 0 Å². The van der Waals surface area contributed by atoms with Gasteiger partial charge in [0.25, 0.3) is 0 Å². The predicted molar refractivity (Wildman–Crippen MR) is 121 cm³/mol. The first-order chi connectivity index (χ1) is 14.3. The Morgan fingerprint density at radius 3 is 2.42 bits per heavy atom. The number of aromatic nitrogens is 4. The second-order valence-corrected chi connectivity index (χ2v) is 9.30. The monoisotopic (exact) mass is 481 g/mol. The van der Waals surface area contributed by atoms with E-state index in [1.165, 1.54) is 10.6 Å². The third kappa shape index (κ3) is 5.11. The summed E-state index contributed by atoms with van der Waals surface area (Å²) in [6, 6.07) is 4.12. The van der Waals surface area contributed by atoms with E-state index in [1.54, 1.807) is 12.5 Å². The quantitative estimate of drug-likeness (QED) is 0.557. The Bertz CT molecular complexity index is 1140. The van der Waals surface area contributed by atoms with Crippen LogP contribution in [0.25, 0.3) is 11.0 Å². The van der Waals surface area contributed by atoms with E-state index < -0.39 is 10.0 Å². The van der Waals surface area contributed by atoms with Gasteiger partial charge in [0.05, 0.1) is 36.2 Å². The maximum Gasteiger partial charge on any atom is 0.211 e. The van der Waals surface area contributed by atoms with Crippen LogP contribution in [0.5, 0.6) is 0 Å². The van der Waals surface area contributed by atoms with Crippen LogP contribution in [0.3, 0.4) is 0 Å². The average Bonchev–Trinajstić information content (AvgIpc) is 3.07. The molecule has 0 unspecified atom stereocenters. The fourth-order valence-corrected chi connectivity index (χ4v) is 4.44. The van der Waals surface area contributed by atoms with Crippen molar-refractivity contribution in [3.63, 3.8) is 0 Å². The summed E-state index contributed by atoms with van der Waals surface area (Å²) in [6.45, 7) is 7.11. The number of hydrogen-bond acceptors (Lipinski definition) is 6. The molecule has 1 saturated heterocycles. The Morgan fingerprint density at radius 1 is 1.13 bits per heavy atom. The van der Waals surface area contributed by atoms with Crippen LogP contribution < -0.4 is 4.90 Å². The zero-order chi connectivity index (χ0) is 22.1. The molecule has 4 heterocycles. The number of rotatable bonds is 5. The summed E-state index contributed by atoms with van der Waals surface area (Å²) in [5.41, 5.74) is 5.00. The molecule has 167 valence electrons. The maximum atomic E-state index is 11.6. The van der Waals surface area contributed by atoms with Crippen molar-refractivity contribution in [1.82, 2.24) is 23.8 Å². The van der Waals surface area contributed by atoms with Crippen molar-refractivity contribution in [2.24, 2.45) is 7.05 Å². The third-order valence-electron chi connectivity index (χ3n) is 5.41. The van der Waals surface area contributed by atoms with Crippen molar-refractivity contribution >= 4 is 32.6 Å². The van der Waals surface area contributed by atoms with Crippen LogP contribution in [0.2, 0.25) is 0 Å². The van der Waals surface area contributed by atoms with Gasteiger partial charge in [-0.3, -0.25) is 4.98 Å². The fourth-order valence-electron chi connectivity index (χ4n) is 3.54. The molecule has 4 rings (SSSR count). The Balaban J connectivity index is 0.00000111. The number of sulfonamides is 1. The van der Waals surface area contributed by atoms with Crippen molar-refractivity contribution in [3.05, 3.63) is 42.1 Å². The van der Waals surface area contributed by atoms with Crippen molar-refractivity contribution in [3.8, 4) is 0 Å². The maximum absolute atomic E-state index is 11.6. The van der Waals surface area contributed by atoms with E-state index in [4.69, 9.17) is 0 Å². The Kier molecular flexibility index (Phi) is 8.27. The van der Waals surface area contributed by atoms with E-state index in [0.717, 1.165) is 40.2 Å². The Morgan fingerprint density at radius 2 is 1.81 bits per heavy atom. The summed E-state index contributed by atoms with van der Waals surface area (Å²) < 4.78 is 26.7. The van der Waals surface area contributed by atoms with E-state index in [0.29, 0.717) is 13.1 Å². The van der Waals surface area contributed by atoms with Gasteiger partial charge in [-0.05, 0) is 18.1 Å². The molecule has 0 aromatic carbocycles. The molecule has 0 atom stereocenters. The molecule has 0 aliphatic carbocycles. The summed E-state index contributed by atoms with van der Waals surface area (Å²) >= 11 is 0. The number of fused-ring (bicyclic) bond motifs is 1.